The fraction of sp³-hybridized carbons (Fsp3) is 0.0714. The highest BCUT2D eigenvalue weighted by atomic mass is 16.6. The summed E-state index contributed by atoms with van der Waals surface area (Å²) in [7, 11) is 0. The van der Waals surface area contributed by atoms with E-state index in [9.17, 15) is 15.0 Å². The summed E-state index contributed by atoms with van der Waals surface area (Å²) >= 11 is 0. The van der Waals surface area contributed by atoms with Gasteiger partial charge in [-0.3, -0.25) is 4.90 Å². The lowest BCUT2D eigenvalue weighted by Gasteiger charge is -2.28. The van der Waals surface area contributed by atoms with Crippen molar-refractivity contribution in [2.24, 2.45) is 0 Å². The molecule has 5 nitrogen and oxygen atoms in total. The van der Waals surface area contributed by atoms with Crippen molar-refractivity contribution >= 4 is 11.8 Å². The van der Waals surface area contributed by atoms with Crippen LogP contribution in [0.15, 0.2) is 42.5 Å². The first-order valence-electron chi connectivity index (χ1n) is 5.74. The van der Waals surface area contributed by atoms with E-state index in [4.69, 9.17) is 4.74 Å². The summed E-state index contributed by atoms with van der Waals surface area (Å²) < 4.78 is 5.17. The Labute approximate surface area is 109 Å². The van der Waals surface area contributed by atoms with Crippen molar-refractivity contribution in [3.8, 4) is 17.2 Å². The van der Waals surface area contributed by atoms with E-state index in [-0.39, 0.29) is 11.5 Å². The maximum atomic E-state index is 11.9. The number of ether oxygens (including phenoxy) is 1. The Bertz CT molecular complexity index is 636. The second kappa shape index (κ2) is 4.20. The molecule has 3 rings (SSSR count). The zero-order valence-electron chi connectivity index (χ0n) is 9.91. The van der Waals surface area contributed by atoms with Gasteiger partial charge >= 0.3 is 6.09 Å². The summed E-state index contributed by atoms with van der Waals surface area (Å²) in [6, 6.07) is 11.0. The first kappa shape index (κ1) is 11.4. The van der Waals surface area contributed by atoms with Gasteiger partial charge in [0.25, 0.3) is 0 Å². The van der Waals surface area contributed by atoms with Crippen LogP contribution in [-0.4, -0.2) is 16.3 Å². The lowest BCUT2D eigenvalue weighted by molar-refractivity contribution is 0.202. The molecule has 0 atom stereocenters. The van der Waals surface area contributed by atoms with Crippen LogP contribution in [0.5, 0.6) is 17.2 Å². The van der Waals surface area contributed by atoms with Crippen LogP contribution in [0.25, 0.3) is 0 Å². The highest BCUT2D eigenvalue weighted by molar-refractivity contribution is 5.91. The van der Waals surface area contributed by atoms with Gasteiger partial charge in [0.1, 0.15) is 17.2 Å². The summed E-state index contributed by atoms with van der Waals surface area (Å²) in [6.45, 7) is 0.360. The molecule has 0 fully saturated rings. The van der Waals surface area contributed by atoms with Crippen molar-refractivity contribution in [2.45, 2.75) is 6.54 Å². The number of aromatic hydroxyl groups is 2. The smallest absolute Gasteiger partial charge is 0.420 e. The molecule has 2 N–H and O–H groups in total. The van der Waals surface area contributed by atoms with Gasteiger partial charge in [0.2, 0.25) is 0 Å². The van der Waals surface area contributed by atoms with Crippen LogP contribution in [0.3, 0.4) is 0 Å². The minimum Gasteiger partial charge on any atom is -0.508 e. The summed E-state index contributed by atoms with van der Waals surface area (Å²) in [5.41, 5.74) is 1.45. The topological polar surface area (TPSA) is 70.0 Å². The number of phenols is 2. The highest BCUT2D eigenvalue weighted by Gasteiger charge is 2.26. The number of hydrogen-bond acceptors (Lipinski definition) is 4. The maximum absolute atomic E-state index is 11.9. The third kappa shape index (κ3) is 2.06. The monoisotopic (exact) mass is 257 g/mol. The van der Waals surface area contributed by atoms with E-state index in [0.29, 0.717) is 18.0 Å². The summed E-state index contributed by atoms with van der Waals surface area (Å²) in [6.07, 6.45) is -0.510. The third-order valence-corrected chi connectivity index (χ3v) is 2.96. The number of carbonyl (C=O) groups is 1. The Kier molecular flexibility index (Phi) is 2.52. The van der Waals surface area contributed by atoms with E-state index in [1.54, 1.807) is 24.3 Å². The van der Waals surface area contributed by atoms with Gasteiger partial charge in [-0.2, -0.15) is 0 Å². The molecule has 1 aliphatic rings. The van der Waals surface area contributed by atoms with Crippen LogP contribution in [0, 0.1) is 0 Å². The fourth-order valence-corrected chi connectivity index (χ4v) is 1.98. The van der Waals surface area contributed by atoms with Crippen molar-refractivity contribution in [3.63, 3.8) is 0 Å². The van der Waals surface area contributed by atoms with E-state index in [0.717, 1.165) is 5.56 Å². The molecule has 2 aromatic carbocycles. The van der Waals surface area contributed by atoms with Crippen molar-refractivity contribution in [2.75, 3.05) is 4.90 Å². The van der Waals surface area contributed by atoms with Crippen LogP contribution in [-0.2, 0) is 6.54 Å². The number of carbonyl (C=O) groups excluding carboxylic acids is 1. The van der Waals surface area contributed by atoms with Crippen molar-refractivity contribution < 1.29 is 19.7 Å². The number of anilines is 1. The molecular formula is C14H11NO4. The fourth-order valence-electron chi connectivity index (χ4n) is 1.98. The van der Waals surface area contributed by atoms with Gasteiger partial charge in [0.15, 0.2) is 0 Å². The van der Waals surface area contributed by atoms with Crippen LogP contribution < -0.4 is 9.64 Å². The zero-order chi connectivity index (χ0) is 13.4. The molecule has 96 valence electrons. The van der Waals surface area contributed by atoms with Gasteiger partial charge in [-0.05, 0) is 36.4 Å². The minimum absolute atomic E-state index is 0.0598. The Morgan fingerprint density at radius 1 is 1.00 bits per heavy atom. The molecule has 2 aromatic rings. The standard InChI is InChI=1S/C14H11NO4/c16-11-5-2-10(3-6-11)15-8-9-1-4-12(17)7-13(9)19-14(15)18/h1-7,16-17H,8H2. The molecule has 1 amide bonds. The van der Waals surface area contributed by atoms with Gasteiger partial charge in [-0.15, -0.1) is 0 Å². The average molecular weight is 257 g/mol. The molecule has 0 aliphatic carbocycles. The molecule has 0 bridgehead atoms. The molecule has 0 saturated carbocycles. The Morgan fingerprint density at radius 3 is 2.42 bits per heavy atom. The Morgan fingerprint density at radius 2 is 1.68 bits per heavy atom. The number of amides is 1. The Balaban J connectivity index is 1.95. The number of fused-ring (bicyclic) bond motifs is 1. The van der Waals surface area contributed by atoms with E-state index < -0.39 is 6.09 Å². The summed E-state index contributed by atoms with van der Waals surface area (Å²) in [5.74, 6) is 0.573. The zero-order valence-corrected chi connectivity index (χ0v) is 9.91. The lowest BCUT2D eigenvalue weighted by atomic mass is 10.1. The van der Waals surface area contributed by atoms with Crippen molar-refractivity contribution in [1.29, 1.82) is 0 Å². The summed E-state index contributed by atoms with van der Waals surface area (Å²) in [5, 5.41) is 18.6. The van der Waals surface area contributed by atoms with Gasteiger partial charge < -0.3 is 14.9 Å². The predicted molar refractivity (Wildman–Crippen MR) is 68.4 cm³/mol. The molecule has 0 spiro atoms. The van der Waals surface area contributed by atoms with Gasteiger partial charge in [0, 0.05) is 17.3 Å². The second-order valence-electron chi connectivity index (χ2n) is 4.26. The minimum atomic E-state index is -0.510. The Hall–Kier alpha value is -2.69. The number of nitrogens with zero attached hydrogens (tertiary/aromatic N) is 1. The quantitative estimate of drug-likeness (QED) is 0.823. The molecule has 1 heterocycles. The number of hydrogen-bond donors (Lipinski definition) is 2. The number of benzene rings is 2. The predicted octanol–water partition coefficient (Wildman–Crippen LogP) is 2.62. The van der Waals surface area contributed by atoms with Gasteiger partial charge in [-0.1, -0.05) is 0 Å². The van der Waals surface area contributed by atoms with E-state index in [1.165, 1.54) is 23.1 Å². The highest BCUT2D eigenvalue weighted by Crippen LogP contribution is 2.32. The van der Waals surface area contributed by atoms with E-state index in [1.807, 2.05) is 0 Å². The van der Waals surface area contributed by atoms with Crippen molar-refractivity contribution in [1.82, 2.24) is 0 Å². The SMILES string of the molecule is O=C1Oc2cc(O)ccc2CN1c1ccc(O)cc1. The van der Waals surface area contributed by atoms with Crippen LogP contribution in [0.2, 0.25) is 0 Å². The maximum Gasteiger partial charge on any atom is 0.420 e. The molecule has 0 aromatic heterocycles. The number of rotatable bonds is 1. The largest absolute Gasteiger partial charge is 0.508 e. The van der Waals surface area contributed by atoms with Crippen LogP contribution in [0.1, 0.15) is 5.56 Å². The molecule has 19 heavy (non-hydrogen) atoms. The van der Waals surface area contributed by atoms with E-state index in [2.05, 4.69) is 0 Å². The first-order valence-corrected chi connectivity index (χ1v) is 5.74. The first-order chi connectivity index (χ1) is 9.13. The third-order valence-electron chi connectivity index (χ3n) is 2.96. The normalized spacial score (nSPS) is 13.9. The lowest BCUT2D eigenvalue weighted by Crippen LogP contribution is -2.36. The number of phenolic OH excluding ortho intramolecular Hbond substituents is 2. The molecule has 0 saturated heterocycles. The second-order valence-corrected chi connectivity index (χ2v) is 4.26. The average Bonchev–Trinajstić information content (AvgIpc) is 2.39. The molecule has 1 aliphatic heterocycles. The van der Waals surface area contributed by atoms with Crippen molar-refractivity contribution in [3.05, 3.63) is 48.0 Å². The van der Waals surface area contributed by atoms with Crippen LogP contribution >= 0.6 is 0 Å². The van der Waals surface area contributed by atoms with E-state index >= 15 is 0 Å². The molecule has 0 unspecified atom stereocenters. The molecule has 0 radical (unpaired) electrons. The molecular weight excluding hydrogens is 246 g/mol. The van der Waals surface area contributed by atoms with Crippen LogP contribution in [0.4, 0.5) is 10.5 Å². The van der Waals surface area contributed by atoms with Gasteiger partial charge in [-0.25, -0.2) is 4.79 Å². The molecule has 5 heteroatoms. The van der Waals surface area contributed by atoms with Gasteiger partial charge in [0.05, 0.1) is 6.54 Å². The summed E-state index contributed by atoms with van der Waals surface area (Å²) in [4.78, 5) is 13.4.